The van der Waals surface area contributed by atoms with E-state index in [9.17, 15) is 0 Å². The Morgan fingerprint density at radius 2 is 2.13 bits per heavy atom. The van der Waals surface area contributed by atoms with Crippen molar-refractivity contribution in [2.24, 2.45) is 0 Å². The Balaban J connectivity index is 1.90. The van der Waals surface area contributed by atoms with Crippen molar-refractivity contribution in [2.45, 2.75) is 32.7 Å². The van der Waals surface area contributed by atoms with Gasteiger partial charge < -0.3 is 5.32 Å². The van der Waals surface area contributed by atoms with Crippen molar-refractivity contribution in [3.05, 3.63) is 41.0 Å². The largest absolute Gasteiger partial charge is 0.311 e. The zero-order valence-electron chi connectivity index (χ0n) is 9.59. The van der Waals surface area contributed by atoms with Gasteiger partial charge in [0.2, 0.25) is 0 Å². The van der Waals surface area contributed by atoms with Crippen molar-refractivity contribution in [1.82, 2.24) is 5.32 Å². The van der Waals surface area contributed by atoms with Gasteiger partial charge in [-0.25, -0.2) is 0 Å². The second-order valence-corrected chi connectivity index (χ2v) is 4.44. The topological polar surface area (TPSA) is 12.0 Å². The second kappa shape index (κ2) is 4.63. The van der Waals surface area contributed by atoms with Crippen LogP contribution in [0.15, 0.2) is 24.3 Å². The van der Waals surface area contributed by atoms with E-state index in [0.717, 1.165) is 12.6 Å². The number of nitrogens with one attached hydrogen (secondary N) is 1. The third kappa shape index (κ3) is 3.21. The van der Waals surface area contributed by atoms with Crippen molar-refractivity contribution in [1.29, 1.82) is 0 Å². The molecule has 0 bridgehead atoms. The number of aryl methyl sites for hydroxylation is 2. The number of hydrogen-bond donors (Lipinski definition) is 1. The number of rotatable bonds is 4. The summed E-state index contributed by atoms with van der Waals surface area (Å²) in [6, 6.07) is 7.39. The van der Waals surface area contributed by atoms with Crippen LogP contribution in [0, 0.1) is 13.8 Å². The summed E-state index contributed by atoms with van der Waals surface area (Å²) in [5, 5.41) is 3.47. The minimum absolute atomic E-state index is 0.800. The maximum absolute atomic E-state index is 3.47. The summed E-state index contributed by atoms with van der Waals surface area (Å²) in [5.74, 6) is 0. The van der Waals surface area contributed by atoms with E-state index < -0.39 is 0 Å². The molecule has 1 saturated carbocycles. The van der Waals surface area contributed by atoms with Gasteiger partial charge >= 0.3 is 0 Å². The Bertz CT molecular complexity index is 362. The molecule has 2 rings (SSSR count). The van der Waals surface area contributed by atoms with E-state index in [-0.39, 0.29) is 0 Å². The van der Waals surface area contributed by atoms with Crippen LogP contribution < -0.4 is 5.32 Å². The molecule has 0 radical (unpaired) electrons. The third-order valence-electron chi connectivity index (χ3n) is 2.82. The molecule has 80 valence electrons. The number of benzene rings is 1. The lowest BCUT2D eigenvalue weighted by atomic mass is 10.1. The minimum Gasteiger partial charge on any atom is -0.311 e. The highest BCUT2D eigenvalue weighted by atomic mass is 14.9. The first-order chi connectivity index (χ1) is 7.25. The van der Waals surface area contributed by atoms with Crippen LogP contribution >= 0.6 is 0 Å². The Kier molecular flexibility index (Phi) is 3.22. The second-order valence-electron chi connectivity index (χ2n) is 4.44. The van der Waals surface area contributed by atoms with Gasteiger partial charge in [0.1, 0.15) is 0 Å². The van der Waals surface area contributed by atoms with Gasteiger partial charge in [0.05, 0.1) is 0 Å². The van der Waals surface area contributed by atoms with E-state index in [1.807, 2.05) is 0 Å². The SMILES string of the molecule is Cc1ccc(C=CCNC2CC2)c(C)c1. The molecule has 1 fully saturated rings. The molecule has 1 heteroatoms. The Morgan fingerprint density at radius 3 is 2.80 bits per heavy atom. The lowest BCUT2D eigenvalue weighted by molar-refractivity contribution is 0.754. The predicted octanol–water partition coefficient (Wildman–Crippen LogP) is 3.07. The standard InChI is InChI=1S/C14H19N/c1-11-5-6-13(12(2)10-11)4-3-9-15-14-7-8-14/h3-6,10,14-15H,7-9H2,1-2H3. The van der Waals surface area contributed by atoms with Crippen LogP contribution in [-0.2, 0) is 0 Å². The van der Waals surface area contributed by atoms with Crippen LogP contribution in [0.4, 0.5) is 0 Å². The summed E-state index contributed by atoms with van der Waals surface area (Å²) in [6.07, 6.45) is 7.15. The van der Waals surface area contributed by atoms with Gasteiger partial charge in [-0.3, -0.25) is 0 Å². The maximum atomic E-state index is 3.47. The average molecular weight is 201 g/mol. The molecule has 1 N–H and O–H groups in total. The van der Waals surface area contributed by atoms with Gasteiger partial charge in [-0.2, -0.15) is 0 Å². The summed E-state index contributed by atoms with van der Waals surface area (Å²) in [7, 11) is 0. The Labute approximate surface area is 92.2 Å². The molecule has 0 saturated heterocycles. The zero-order chi connectivity index (χ0) is 10.7. The smallest absolute Gasteiger partial charge is 0.0140 e. The lowest BCUT2D eigenvalue weighted by Crippen LogP contribution is -2.15. The molecule has 1 nitrogen and oxygen atoms in total. The summed E-state index contributed by atoms with van der Waals surface area (Å²) < 4.78 is 0. The van der Waals surface area contributed by atoms with Crippen molar-refractivity contribution < 1.29 is 0 Å². The number of hydrogen-bond acceptors (Lipinski definition) is 1. The highest BCUT2D eigenvalue weighted by molar-refractivity contribution is 5.54. The van der Waals surface area contributed by atoms with Crippen LogP contribution in [0.5, 0.6) is 0 Å². The molecule has 1 aromatic carbocycles. The molecule has 0 amide bonds. The first-order valence-electron chi connectivity index (χ1n) is 5.73. The molecule has 0 aromatic heterocycles. The molecule has 0 aliphatic heterocycles. The van der Waals surface area contributed by atoms with Gasteiger partial charge in [0.25, 0.3) is 0 Å². The van der Waals surface area contributed by atoms with Crippen molar-refractivity contribution in [2.75, 3.05) is 6.54 Å². The third-order valence-corrected chi connectivity index (χ3v) is 2.82. The highest BCUT2D eigenvalue weighted by Crippen LogP contribution is 2.18. The predicted molar refractivity (Wildman–Crippen MR) is 66.0 cm³/mol. The summed E-state index contributed by atoms with van der Waals surface area (Å²) in [6.45, 7) is 5.30. The molecular weight excluding hydrogens is 182 g/mol. The maximum Gasteiger partial charge on any atom is 0.0140 e. The molecule has 1 aliphatic rings. The van der Waals surface area contributed by atoms with Crippen LogP contribution in [0.25, 0.3) is 6.08 Å². The normalized spacial score (nSPS) is 16.1. The van der Waals surface area contributed by atoms with E-state index in [1.54, 1.807) is 0 Å². The van der Waals surface area contributed by atoms with Crippen molar-refractivity contribution in [3.63, 3.8) is 0 Å². The Morgan fingerprint density at radius 1 is 1.33 bits per heavy atom. The zero-order valence-corrected chi connectivity index (χ0v) is 9.59. The monoisotopic (exact) mass is 201 g/mol. The Hall–Kier alpha value is -1.08. The average Bonchev–Trinajstić information content (AvgIpc) is 2.99. The van der Waals surface area contributed by atoms with Crippen LogP contribution in [0.1, 0.15) is 29.5 Å². The molecule has 0 spiro atoms. The fraction of sp³-hybridized carbons (Fsp3) is 0.429. The molecule has 0 unspecified atom stereocenters. The quantitative estimate of drug-likeness (QED) is 0.789. The van der Waals surface area contributed by atoms with Crippen LogP contribution in [0.3, 0.4) is 0 Å². The highest BCUT2D eigenvalue weighted by Gasteiger charge is 2.18. The molecule has 0 atom stereocenters. The molecule has 15 heavy (non-hydrogen) atoms. The van der Waals surface area contributed by atoms with E-state index in [4.69, 9.17) is 0 Å². The van der Waals surface area contributed by atoms with Gasteiger partial charge in [0.15, 0.2) is 0 Å². The fourth-order valence-electron chi connectivity index (χ4n) is 1.72. The van der Waals surface area contributed by atoms with Crippen molar-refractivity contribution >= 4 is 6.08 Å². The van der Waals surface area contributed by atoms with Gasteiger partial charge in [-0.1, -0.05) is 35.9 Å². The first-order valence-corrected chi connectivity index (χ1v) is 5.73. The summed E-state index contributed by atoms with van der Waals surface area (Å²) in [4.78, 5) is 0. The molecule has 1 aliphatic carbocycles. The van der Waals surface area contributed by atoms with E-state index >= 15 is 0 Å². The molecule has 0 heterocycles. The molecular formula is C14H19N. The van der Waals surface area contributed by atoms with Gasteiger partial charge in [-0.15, -0.1) is 0 Å². The lowest BCUT2D eigenvalue weighted by Gasteiger charge is -2.01. The summed E-state index contributed by atoms with van der Waals surface area (Å²) in [5.41, 5.74) is 4.02. The van der Waals surface area contributed by atoms with Crippen LogP contribution in [-0.4, -0.2) is 12.6 Å². The van der Waals surface area contributed by atoms with E-state index in [1.165, 1.54) is 29.5 Å². The molecule has 1 aromatic rings. The fourth-order valence-corrected chi connectivity index (χ4v) is 1.72. The summed E-state index contributed by atoms with van der Waals surface area (Å²) >= 11 is 0. The van der Waals surface area contributed by atoms with Gasteiger partial charge in [0, 0.05) is 12.6 Å². The van der Waals surface area contributed by atoms with E-state index in [2.05, 4.69) is 49.5 Å². The first kappa shape index (κ1) is 10.4. The minimum atomic E-state index is 0.800. The van der Waals surface area contributed by atoms with Gasteiger partial charge in [-0.05, 0) is 37.8 Å². The van der Waals surface area contributed by atoms with E-state index in [0.29, 0.717) is 0 Å². The van der Waals surface area contributed by atoms with Crippen molar-refractivity contribution in [3.8, 4) is 0 Å². The van der Waals surface area contributed by atoms with Crippen LogP contribution in [0.2, 0.25) is 0 Å².